The molecule has 5 nitrogen and oxygen atoms in total. The second-order valence-corrected chi connectivity index (χ2v) is 5.58. The fourth-order valence-corrected chi connectivity index (χ4v) is 3.21. The van der Waals surface area contributed by atoms with Crippen LogP contribution in [-0.4, -0.2) is 60.4 Å². The summed E-state index contributed by atoms with van der Waals surface area (Å²) >= 11 is 0. The van der Waals surface area contributed by atoms with Gasteiger partial charge in [-0.05, 0) is 38.6 Å². The maximum Gasteiger partial charge on any atom is 0.320 e. The Balaban J connectivity index is 1.80. The zero-order chi connectivity index (χ0) is 13.7. The van der Waals surface area contributed by atoms with Crippen molar-refractivity contribution in [3.05, 3.63) is 0 Å². The number of hydrogen-bond donors (Lipinski definition) is 2. The lowest BCUT2D eigenvalue weighted by Crippen LogP contribution is -2.50. The second kappa shape index (κ2) is 7.22. The van der Waals surface area contributed by atoms with Crippen LogP contribution in [0.15, 0.2) is 0 Å². The third-order valence-corrected chi connectivity index (χ3v) is 4.24. The first-order chi connectivity index (χ1) is 9.22. The molecule has 0 aromatic carbocycles. The number of morpholine rings is 1. The average Bonchev–Trinajstić information content (AvgIpc) is 2.87. The zero-order valence-corrected chi connectivity index (χ0v) is 11.8. The first-order valence-corrected chi connectivity index (χ1v) is 7.54. The largest absolute Gasteiger partial charge is 0.480 e. The molecule has 110 valence electrons. The van der Waals surface area contributed by atoms with Gasteiger partial charge in [0.05, 0.1) is 12.7 Å². The van der Waals surface area contributed by atoms with Gasteiger partial charge in [-0.25, -0.2) is 0 Å². The number of aliphatic carboxylic acids is 1. The Kier molecular flexibility index (Phi) is 5.60. The van der Waals surface area contributed by atoms with Crippen LogP contribution < -0.4 is 5.32 Å². The normalized spacial score (nSPS) is 29.1. The summed E-state index contributed by atoms with van der Waals surface area (Å²) in [5.74, 6) is -0.732. The molecule has 0 spiro atoms. The minimum Gasteiger partial charge on any atom is -0.480 e. The van der Waals surface area contributed by atoms with E-state index < -0.39 is 12.0 Å². The van der Waals surface area contributed by atoms with Crippen LogP contribution in [0.2, 0.25) is 0 Å². The van der Waals surface area contributed by atoms with E-state index in [9.17, 15) is 9.90 Å². The number of hydrogen-bond acceptors (Lipinski definition) is 4. The lowest BCUT2D eigenvalue weighted by molar-refractivity contribution is -0.140. The van der Waals surface area contributed by atoms with Gasteiger partial charge in [-0.3, -0.25) is 9.69 Å². The van der Waals surface area contributed by atoms with Crippen molar-refractivity contribution in [3.63, 3.8) is 0 Å². The van der Waals surface area contributed by atoms with Crippen LogP contribution in [-0.2, 0) is 9.53 Å². The number of ether oxygens (including phenoxy) is 1. The Labute approximate surface area is 115 Å². The molecule has 1 saturated heterocycles. The molecule has 5 heteroatoms. The molecule has 2 N–H and O–H groups in total. The van der Waals surface area contributed by atoms with Gasteiger partial charge >= 0.3 is 5.97 Å². The molecule has 1 aliphatic carbocycles. The minimum absolute atomic E-state index is 0.389. The van der Waals surface area contributed by atoms with Crippen LogP contribution in [0.1, 0.15) is 39.0 Å². The van der Waals surface area contributed by atoms with E-state index in [1.807, 2.05) is 0 Å². The van der Waals surface area contributed by atoms with Crippen LogP contribution in [0, 0.1) is 0 Å². The SMILES string of the molecule is CCCNC(CCN1CCOC2CCCC21)C(=O)O. The predicted molar refractivity (Wildman–Crippen MR) is 73.3 cm³/mol. The number of carbonyl (C=O) groups is 1. The number of carboxylic acids is 1. The Morgan fingerprint density at radius 2 is 2.37 bits per heavy atom. The summed E-state index contributed by atoms with van der Waals surface area (Å²) in [5, 5.41) is 12.3. The molecule has 0 aromatic heterocycles. The van der Waals surface area contributed by atoms with Crippen molar-refractivity contribution in [1.29, 1.82) is 0 Å². The van der Waals surface area contributed by atoms with Crippen LogP contribution >= 0.6 is 0 Å². The lowest BCUT2D eigenvalue weighted by Gasteiger charge is -2.38. The van der Waals surface area contributed by atoms with Gasteiger partial charge in [0.2, 0.25) is 0 Å². The Hall–Kier alpha value is -0.650. The van der Waals surface area contributed by atoms with Crippen LogP contribution in [0.5, 0.6) is 0 Å². The fraction of sp³-hybridized carbons (Fsp3) is 0.929. The highest BCUT2D eigenvalue weighted by atomic mass is 16.5. The summed E-state index contributed by atoms with van der Waals surface area (Å²) in [7, 11) is 0. The zero-order valence-electron chi connectivity index (χ0n) is 11.8. The van der Waals surface area contributed by atoms with E-state index in [4.69, 9.17) is 4.74 Å². The fourth-order valence-electron chi connectivity index (χ4n) is 3.21. The predicted octanol–water partition coefficient (Wildman–Crippen LogP) is 1.08. The van der Waals surface area contributed by atoms with E-state index in [0.717, 1.165) is 39.1 Å². The summed E-state index contributed by atoms with van der Waals surface area (Å²) in [6.45, 7) is 5.42. The summed E-state index contributed by atoms with van der Waals surface area (Å²) in [6.07, 6.45) is 5.63. The Morgan fingerprint density at radius 3 is 3.11 bits per heavy atom. The highest BCUT2D eigenvalue weighted by Gasteiger charge is 2.36. The van der Waals surface area contributed by atoms with Crippen LogP contribution in [0.4, 0.5) is 0 Å². The maximum atomic E-state index is 11.2. The summed E-state index contributed by atoms with van der Waals surface area (Å²) < 4.78 is 5.78. The van der Waals surface area contributed by atoms with E-state index in [1.165, 1.54) is 12.8 Å². The van der Waals surface area contributed by atoms with Crippen molar-refractivity contribution in [2.45, 2.75) is 57.2 Å². The average molecular weight is 270 g/mol. The highest BCUT2D eigenvalue weighted by molar-refractivity contribution is 5.73. The molecule has 1 saturated carbocycles. The van der Waals surface area contributed by atoms with E-state index in [2.05, 4.69) is 17.1 Å². The third-order valence-electron chi connectivity index (χ3n) is 4.24. The van der Waals surface area contributed by atoms with Crippen molar-refractivity contribution in [1.82, 2.24) is 10.2 Å². The molecule has 3 atom stereocenters. The van der Waals surface area contributed by atoms with Crippen molar-refractivity contribution in [2.24, 2.45) is 0 Å². The van der Waals surface area contributed by atoms with E-state index in [0.29, 0.717) is 18.6 Å². The number of carboxylic acid groups (broad SMARTS) is 1. The molecule has 2 aliphatic rings. The van der Waals surface area contributed by atoms with Gasteiger partial charge in [-0.1, -0.05) is 6.92 Å². The molecular weight excluding hydrogens is 244 g/mol. The Morgan fingerprint density at radius 1 is 1.53 bits per heavy atom. The number of fused-ring (bicyclic) bond motifs is 1. The smallest absolute Gasteiger partial charge is 0.320 e. The first-order valence-electron chi connectivity index (χ1n) is 7.54. The van der Waals surface area contributed by atoms with E-state index >= 15 is 0 Å². The molecule has 2 fully saturated rings. The van der Waals surface area contributed by atoms with Gasteiger partial charge in [0.25, 0.3) is 0 Å². The topological polar surface area (TPSA) is 61.8 Å². The Bertz CT molecular complexity index is 298. The molecule has 0 bridgehead atoms. The molecular formula is C14H26N2O3. The summed E-state index contributed by atoms with van der Waals surface area (Å²) in [5.41, 5.74) is 0. The van der Waals surface area contributed by atoms with Crippen LogP contribution in [0.25, 0.3) is 0 Å². The minimum atomic E-state index is -0.732. The molecule has 0 aromatic rings. The molecule has 3 unspecified atom stereocenters. The van der Waals surface area contributed by atoms with Gasteiger partial charge in [-0.15, -0.1) is 0 Å². The summed E-state index contributed by atoms with van der Waals surface area (Å²) in [4.78, 5) is 13.6. The number of nitrogens with one attached hydrogen (secondary N) is 1. The maximum absolute atomic E-state index is 11.2. The van der Waals surface area contributed by atoms with Gasteiger partial charge in [0, 0.05) is 19.1 Å². The highest BCUT2D eigenvalue weighted by Crippen LogP contribution is 2.29. The molecule has 0 amide bonds. The van der Waals surface area contributed by atoms with E-state index in [1.54, 1.807) is 0 Å². The molecule has 19 heavy (non-hydrogen) atoms. The third kappa shape index (κ3) is 3.91. The first kappa shape index (κ1) is 14.8. The summed E-state index contributed by atoms with van der Waals surface area (Å²) in [6, 6.07) is 0.108. The van der Waals surface area contributed by atoms with E-state index in [-0.39, 0.29) is 0 Å². The van der Waals surface area contributed by atoms with Crippen LogP contribution in [0.3, 0.4) is 0 Å². The molecule has 2 rings (SSSR count). The number of rotatable bonds is 7. The quantitative estimate of drug-likeness (QED) is 0.725. The van der Waals surface area contributed by atoms with Gasteiger partial charge in [0.15, 0.2) is 0 Å². The lowest BCUT2D eigenvalue weighted by atomic mass is 10.1. The molecule has 0 radical (unpaired) electrons. The standard InChI is InChI=1S/C14H26N2O3/c1-2-7-15-11(14(17)18)6-8-16-9-10-19-13-5-3-4-12(13)16/h11-13,15H,2-10H2,1H3,(H,17,18). The van der Waals surface area contributed by atoms with Crippen molar-refractivity contribution in [3.8, 4) is 0 Å². The second-order valence-electron chi connectivity index (χ2n) is 5.58. The van der Waals surface area contributed by atoms with Crippen molar-refractivity contribution >= 4 is 5.97 Å². The van der Waals surface area contributed by atoms with Crippen molar-refractivity contribution in [2.75, 3.05) is 26.2 Å². The molecule has 1 heterocycles. The van der Waals surface area contributed by atoms with Gasteiger partial charge in [-0.2, -0.15) is 0 Å². The number of nitrogens with zero attached hydrogens (tertiary/aromatic N) is 1. The molecule has 1 aliphatic heterocycles. The monoisotopic (exact) mass is 270 g/mol. The van der Waals surface area contributed by atoms with Gasteiger partial charge < -0.3 is 15.2 Å². The van der Waals surface area contributed by atoms with Gasteiger partial charge in [0.1, 0.15) is 6.04 Å². The van der Waals surface area contributed by atoms with Crippen molar-refractivity contribution < 1.29 is 14.6 Å².